The molecule has 4 heteroatoms. The Hall–Kier alpha value is -1.32. The summed E-state index contributed by atoms with van der Waals surface area (Å²) < 4.78 is 5.31. The van der Waals surface area contributed by atoms with Crippen molar-refractivity contribution in [3.63, 3.8) is 0 Å². The SMILES string of the molecule is C=C(C)OC(C)C(=O)C(C)[C@H](CCC)C(C)C(=O)O. The van der Waals surface area contributed by atoms with Crippen LogP contribution in [0.2, 0.25) is 0 Å². The van der Waals surface area contributed by atoms with E-state index in [2.05, 4.69) is 6.58 Å². The van der Waals surface area contributed by atoms with Crippen LogP contribution in [0.3, 0.4) is 0 Å². The van der Waals surface area contributed by atoms with E-state index < -0.39 is 18.0 Å². The van der Waals surface area contributed by atoms with Crippen molar-refractivity contribution in [1.82, 2.24) is 0 Å². The average molecular weight is 270 g/mol. The largest absolute Gasteiger partial charge is 0.488 e. The molecule has 1 N–H and O–H groups in total. The summed E-state index contributed by atoms with van der Waals surface area (Å²) in [5.74, 6) is -1.45. The van der Waals surface area contributed by atoms with Crippen LogP contribution in [0, 0.1) is 17.8 Å². The highest BCUT2D eigenvalue weighted by Crippen LogP contribution is 2.28. The minimum Gasteiger partial charge on any atom is -0.488 e. The van der Waals surface area contributed by atoms with E-state index in [0.717, 1.165) is 12.8 Å². The number of hydrogen-bond acceptors (Lipinski definition) is 3. The molecule has 3 unspecified atom stereocenters. The predicted octanol–water partition coefficient (Wildman–Crippen LogP) is 3.27. The summed E-state index contributed by atoms with van der Waals surface area (Å²) in [6.07, 6.45) is 1.00. The second-order valence-corrected chi connectivity index (χ2v) is 5.23. The minimum absolute atomic E-state index is 0.0606. The smallest absolute Gasteiger partial charge is 0.306 e. The molecule has 0 radical (unpaired) electrons. The van der Waals surface area contributed by atoms with Gasteiger partial charge in [-0.3, -0.25) is 9.59 Å². The maximum absolute atomic E-state index is 12.3. The number of ketones is 1. The number of hydrogen-bond donors (Lipinski definition) is 1. The molecule has 0 aromatic carbocycles. The van der Waals surface area contributed by atoms with Gasteiger partial charge in [-0.25, -0.2) is 0 Å². The Morgan fingerprint density at radius 1 is 1.21 bits per heavy atom. The van der Waals surface area contributed by atoms with Gasteiger partial charge in [0.2, 0.25) is 0 Å². The van der Waals surface area contributed by atoms with Crippen molar-refractivity contribution in [1.29, 1.82) is 0 Å². The molecule has 0 amide bonds. The maximum atomic E-state index is 12.3. The third-order valence-electron chi connectivity index (χ3n) is 3.52. The number of ether oxygens (including phenoxy) is 1. The van der Waals surface area contributed by atoms with Gasteiger partial charge in [0.1, 0.15) is 0 Å². The van der Waals surface area contributed by atoms with E-state index in [1.54, 1.807) is 27.7 Å². The third-order valence-corrected chi connectivity index (χ3v) is 3.52. The molecule has 0 aliphatic carbocycles. The van der Waals surface area contributed by atoms with Crippen molar-refractivity contribution in [2.75, 3.05) is 0 Å². The quantitative estimate of drug-likeness (QED) is 0.653. The summed E-state index contributed by atoms with van der Waals surface area (Å²) in [6.45, 7) is 12.4. The molecule has 19 heavy (non-hydrogen) atoms. The fourth-order valence-electron chi connectivity index (χ4n) is 2.39. The van der Waals surface area contributed by atoms with Crippen molar-refractivity contribution in [2.24, 2.45) is 17.8 Å². The number of carbonyl (C=O) groups excluding carboxylic acids is 1. The van der Waals surface area contributed by atoms with E-state index in [4.69, 9.17) is 9.84 Å². The van der Waals surface area contributed by atoms with Gasteiger partial charge in [-0.05, 0) is 26.2 Å². The minimum atomic E-state index is -0.855. The molecule has 4 atom stereocenters. The van der Waals surface area contributed by atoms with Crippen molar-refractivity contribution in [3.05, 3.63) is 12.3 Å². The molecule has 0 spiro atoms. The molecular weight excluding hydrogens is 244 g/mol. The van der Waals surface area contributed by atoms with E-state index in [1.807, 2.05) is 6.92 Å². The van der Waals surface area contributed by atoms with Crippen LogP contribution in [0.4, 0.5) is 0 Å². The standard InChI is InChI=1S/C15H26O4/c1-7-8-13(11(5)15(17)18)10(4)14(16)12(6)19-9(2)3/h10-13H,2,7-8H2,1,3-6H3,(H,17,18)/t10?,11?,12?,13-/m0/s1. The number of carboxylic acids is 1. The highest BCUT2D eigenvalue weighted by atomic mass is 16.5. The first-order valence-corrected chi connectivity index (χ1v) is 6.81. The molecule has 110 valence electrons. The fraction of sp³-hybridized carbons (Fsp3) is 0.733. The van der Waals surface area contributed by atoms with Crippen LogP contribution in [0.1, 0.15) is 47.5 Å². The molecule has 4 nitrogen and oxygen atoms in total. The van der Waals surface area contributed by atoms with Crippen molar-refractivity contribution in [3.8, 4) is 0 Å². The average Bonchev–Trinajstić information content (AvgIpc) is 2.32. The molecule has 0 rings (SSSR count). The van der Waals surface area contributed by atoms with Crippen LogP contribution < -0.4 is 0 Å². The van der Waals surface area contributed by atoms with Gasteiger partial charge < -0.3 is 9.84 Å². The Morgan fingerprint density at radius 3 is 2.11 bits per heavy atom. The van der Waals surface area contributed by atoms with Crippen LogP contribution in [0.25, 0.3) is 0 Å². The Bertz CT molecular complexity index is 335. The summed E-state index contributed by atoms with van der Waals surface area (Å²) >= 11 is 0. The zero-order valence-corrected chi connectivity index (χ0v) is 12.6. The van der Waals surface area contributed by atoms with Crippen molar-refractivity contribution >= 4 is 11.8 Å². The number of rotatable bonds is 9. The first kappa shape index (κ1) is 17.7. The van der Waals surface area contributed by atoms with Crippen LogP contribution in [-0.4, -0.2) is 23.0 Å². The third kappa shape index (κ3) is 5.45. The van der Waals surface area contributed by atoms with Crippen LogP contribution in [-0.2, 0) is 14.3 Å². The summed E-state index contributed by atoms with van der Waals surface area (Å²) in [6, 6.07) is 0. The van der Waals surface area contributed by atoms with E-state index in [9.17, 15) is 9.59 Å². The first-order chi connectivity index (χ1) is 8.72. The van der Waals surface area contributed by atoms with Gasteiger partial charge in [0, 0.05) is 5.92 Å². The Balaban J connectivity index is 4.88. The molecule has 0 aromatic heterocycles. The molecule has 0 saturated heterocycles. The van der Waals surface area contributed by atoms with Gasteiger partial charge in [0.05, 0.1) is 11.7 Å². The van der Waals surface area contributed by atoms with Gasteiger partial charge in [-0.1, -0.05) is 33.8 Å². The molecule has 0 bridgehead atoms. The molecular formula is C15H26O4. The Kier molecular flexibility index (Phi) is 7.42. The lowest BCUT2D eigenvalue weighted by Crippen LogP contribution is -2.35. The summed E-state index contributed by atoms with van der Waals surface area (Å²) in [5.41, 5.74) is 0. The number of carbonyl (C=O) groups is 2. The van der Waals surface area contributed by atoms with Crippen LogP contribution >= 0.6 is 0 Å². The highest BCUT2D eigenvalue weighted by Gasteiger charge is 2.34. The number of carboxylic acid groups (broad SMARTS) is 1. The van der Waals surface area contributed by atoms with Crippen LogP contribution in [0.15, 0.2) is 12.3 Å². The lowest BCUT2D eigenvalue weighted by molar-refractivity contribution is -0.145. The first-order valence-electron chi connectivity index (χ1n) is 6.81. The zero-order valence-electron chi connectivity index (χ0n) is 12.6. The molecule has 0 heterocycles. The second-order valence-electron chi connectivity index (χ2n) is 5.23. The summed E-state index contributed by atoms with van der Waals surface area (Å²) in [7, 11) is 0. The van der Waals surface area contributed by atoms with E-state index >= 15 is 0 Å². The molecule has 0 fully saturated rings. The number of aliphatic carboxylic acids is 1. The monoisotopic (exact) mass is 270 g/mol. The van der Waals surface area contributed by atoms with Gasteiger partial charge in [-0.15, -0.1) is 0 Å². The molecule has 0 aliphatic rings. The van der Waals surface area contributed by atoms with Crippen molar-refractivity contribution < 1.29 is 19.4 Å². The van der Waals surface area contributed by atoms with E-state index in [0.29, 0.717) is 5.76 Å². The Labute approximate surface area is 115 Å². The molecule has 0 aliphatic heterocycles. The molecule has 0 aromatic rings. The number of allylic oxidation sites excluding steroid dienone is 1. The lowest BCUT2D eigenvalue weighted by atomic mass is 9.77. The fourth-order valence-corrected chi connectivity index (χ4v) is 2.39. The van der Waals surface area contributed by atoms with E-state index in [1.165, 1.54) is 0 Å². The zero-order chi connectivity index (χ0) is 15.2. The highest BCUT2D eigenvalue weighted by molar-refractivity contribution is 5.85. The van der Waals surface area contributed by atoms with Gasteiger partial charge in [0.25, 0.3) is 0 Å². The summed E-state index contributed by atoms with van der Waals surface area (Å²) in [4.78, 5) is 23.4. The van der Waals surface area contributed by atoms with Gasteiger partial charge in [0.15, 0.2) is 11.9 Å². The number of Topliss-reactive ketones (excluding diaryl/α,β-unsaturated/α-hetero) is 1. The lowest BCUT2D eigenvalue weighted by Gasteiger charge is -2.28. The Morgan fingerprint density at radius 2 is 1.74 bits per heavy atom. The topological polar surface area (TPSA) is 63.6 Å². The predicted molar refractivity (Wildman–Crippen MR) is 74.7 cm³/mol. The second kappa shape index (κ2) is 7.97. The van der Waals surface area contributed by atoms with Gasteiger partial charge in [-0.2, -0.15) is 0 Å². The maximum Gasteiger partial charge on any atom is 0.306 e. The normalized spacial score (nSPS) is 17.1. The summed E-state index contributed by atoms with van der Waals surface area (Å²) in [5, 5.41) is 9.14. The van der Waals surface area contributed by atoms with Gasteiger partial charge >= 0.3 is 5.97 Å². The molecule has 0 saturated carbocycles. The van der Waals surface area contributed by atoms with Crippen LogP contribution in [0.5, 0.6) is 0 Å². The van der Waals surface area contributed by atoms with Crippen molar-refractivity contribution in [2.45, 2.75) is 53.6 Å². The van der Waals surface area contributed by atoms with E-state index in [-0.39, 0.29) is 17.6 Å².